The van der Waals surface area contributed by atoms with E-state index in [2.05, 4.69) is 15.2 Å². The summed E-state index contributed by atoms with van der Waals surface area (Å²) in [7, 11) is -1.48. The lowest BCUT2D eigenvalue weighted by molar-refractivity contribution is 0.591. The average molecular weight is 348 g/mol. The Kier molecular flexibility index (Phi) is 3.46. The largest absolute Gasteiger partial charge is 0.317 e. The molecule has 0 aliphatic heterocycles. The molecule has 0 unspecified atom stereocenters. The molecule has 2 heterocycles. The van der Waals surface area contributed by atoms with Crippen LogP contribution in [0.15, 0.2) is 24.3 Å². The van der Waals surface area contributed by atoms with Crippen molar-refractivity contribution in [2.75, 3.05) is 0 Å². The highest BCUT2D eigenvalue weighted by atomic mass is 32.2. The Morgan fingerprint density at radius 2 is 2.00 bits per heavy atom. The molecule has 1 aromatic carbocycles. The zero-order valence-corrected chi connectivity index (χ0v) is 14.3. The molecule has 4 rings (SSSR count). The van der Waals surface area contributed by atoms with Gasteiger partial charge in [0.05, 0.1) is 10.2 Å². The maximum Gasteiger partial charge on any atom is 0.164 e. The minimum atomic E-state index is -3.33. The van der Waals surface area contributed by atoms with Gasteiger partial charge >= 0.3 is 0 Å². The summed E-state index contributed by atoms with van der Waals surface area (Å²) in [6.45, 7) is 0. The van der Waals surface area contributed by atoms with Gasteiger partial charge < -0.3 is 4.57 Å². The zero-order valence-electron chi connectivity index (χ0n) is 12.6. The van der Waals surface area contributed by atoms with Gasteiger partial charge in [-0.05, 0) is 25.0 Å². The topological polar surface area (TPSA) is 77.7 Å². The number of hydrogen-bond acceptors (Lipinski definition) is 6. The Bertz CT molecular complexity index is 937. The Hall–Kier alpha value is -1.80. The van der Waals surface area contributed by atoms with Gasteiger partial charge in [0.15, 0.2) is 9.84 Å². The number of sulfone groups is 1. The minimum Gasteiger partial charge on any atom is -0.317 e. The van der Waals surface area contributed by atoms with Crippen LogP contribution >= 0.6 is 11.3 Å². The quantitative estimate of drug-likeness (QED) is 0.707. The second kappa shape index (κ2) is 5.38. The number of rotatable bonds is 5. The van der Waals surface area contributed by atoms with Crippen LogP contribution in [0.1, 0.15) is 35.4 Å². The molecule has 0 spiro atoms. The molecule has 0 N–H and O–H groups in total. The fourth-order valence-electron chi connectivity index (χ4n) is 2.62. The van der Waals surface area contributed by atoms with Crippen LogP contribution in [0.4, 0.5) is 0 Å². The first-order valence-corrected chi connectivity index (χ1v) is 10.1. The van der Waals surface area contributed by atoms with E-state index in [9.17, 15) is 8.42 Å². The third kappa shape index (κ3) is 3.00. The summed E-state index contributed by atoms with van der Waals surface area (Å²) in [4.78, 5) is 4.40. The first kappa shape index (κ1) is 14.8. The fourth-order valence-corrected chi connectivity index (χ4v) is 5.34. The van der Waals surface area contributed by atoms with Gasteiger partial charge in [-0.15, -0.1) is 21.5 Å². The molecule has 0 radical (unpaired) electrons. The Labute approximate surface area is 138 Å². The SMILES string of the molecule is Cn1c(CS(=O)(=O)Cc2nc3ccccc3s2)nnc1C1CC1. The van der Waals surface area contributed by atoms with Crippen LogP contribution in [0.5, 0.6) is 0 Å². The monoisotopic (exact) mass is 348 g/mol. The van der Waals surface area contributed by atoms with Crippen molar-refractivity contribution in [3.05, 3.63) is 40.9 Å². The molecule has 6 nitrogen and oxygen atoms in total. The number of para-hydroxylation sites is 1. The standard InChI is InChI=1S/C15H16N4O2S2/c1-19-13(17-18-15(19)10-6-7-10)8-23(20,21)9-14-16-11-4-2-3-5-12(11)22-14/h2-5,10H,6-9H2,1H3. The van der Waals surface area contributed by atoms with Gasteiger partial charge in [-0.3, -0.25) is 0 Å². The second-order valence-electron chi connectivity index (χ2n) is 5.92. The van der Waals surface area contributed by atoms with E-state index >= 15 is 0 Å². The molecule has 1 fully saturated rings. The van der Waals surface area contributed by atoms with Crippen molar-refractivity contribution in [2.45, 2.75) is 30.3 Å². The Balaban J connectivity index is 1.55. The number of nitrogens with zero attached hydrogens (tertiary/aromatic N) is 4. The van der Waals surface area contributed by atoms with Crippen LogP contribution in [0.3, 0.4) is 0 Å². The molecule has 1 aliphatic rings. The first-order chi connectivity index (χ1) is 11.0. The summed E-state index contributed by atoms with van der Waals surface area (Å²) in [6, 6.07) is 7.68. The van der Waals surface area contributed by atoms with Gasteiger partial charge in [0.25, 0.3) is 0 Å². The van der Waals surface area contributed by atoms with Gasteiger partial charge in [0, 0.05) is 13.0 Å². The number of benzene rings is 1. The van der Waals surface area contributed by atoms with Gasteiger partial charge in [0.2, 0.25) is 0 Å². The van der Waals surface area contributed by atoms with Crippen LogP contribution in [0.2, 0.25) is 0 Å². The molecule has 2 aromatic heterocycles. The van der Waals surface area contributed by atoms with Crippen molar-refractivity contribution in [1.82, 2.24) is 19.7 Å². The molecule has 1 aliphatic carbocycles. The van der Waals surface area contributed by atoms with Gasteiger partial charge in [0.1, 0.15) is 28.2 Å². The van der Waals surface area contributed by atoms with E-state index in [1.54, 1.807) is 0 Å². The highest BCUT2D eigenvalue weighted by Gasteiger charge is 2.30. The molecule has 0 saturated heterocycles. The lowest BCUT2D eigenvalue weighted by Crippen LogP contribution is -2.12. The van der Waals surface area contributed by atoms with E-state index in [1.165, 1.54) is 11.3 Å². The summed E-state index contributed by atoms with van der Waals surface area (Å²) in [5.74, 6) is 1.70. The van der Waals surface area contributed by atoms with E-state index in [1.807, 2.05) is 35.9 Å². The maximum absolute atomic E-state index is 12.5. The number of hydrogen-bond donors (Lipinski definition) is 0. The van der Waals surface area contributed by atoms with Gasteiger partial charge in [-0.1, -0.05) is 12.1 Å². The smallest absolute Gasteiger partial charge is 0.164 e. The van der Waals surface area contributed by atoms with E-state index in [4.69, 9.17) is 0 Å². The third-order valence-corrected chi connectivity index (χ3v) is 6.60. The predicted octanol–water partition coefficient (Wildman–Crippen LogP) is 2.42. The van der Waals surface area contributed by atoms with Crippen molar-refractivity contribution >= 4 is 31.4 Å². The highest BCUT2D eigenvalue weighted by Crippen LogP contribution is 2.38. The van der Waals surface area contributed by atoms with Crippen molar-refractivity contribution < 1.29 is 8.42 Å². The Morgan fingerprint density at radius 3 is 2.74 bits per heavy atom. The molecule has 0 bridgehead atoms. The molecule has 3 aromatic rings. The molecule has 0 atom stereocenters. The van der Waals surface area contributed by atoms with Crippen LogP contribution in [-0.4, -0.2) is 28.2 Å². The third-order valence-electron chi connectivity index (χ3n) is 3.97. The van der Waals surface area contributed by atoms with Crippen LogP contribution < -0.4 is 0 Å². The molecule has 23 heavy (non-hydrogen) atoms. The minimum absolute atomic E-state index is 0.0576. The van der Waals surface area contributed by atoms with Gasteiger partial charge in [-0.25, -0.2) is 13.4 Å². The summed E-state index contributed by atoms with van der Waals surface area (Å²) in [5.41, 5.74) is 0.845. The summed E-state index contributed by atoms with van der Waals surface area (Å²) >= 11 is 1.43. The van der Waals surface area contributed by atoms with Crippen LogP contribution in [0, 0.1) is 0 Å². The molecular formula is C15H16N4O2S2. The fraction of sp³-hybridized carbons (Fsp3) is 0.400. The number of aromatic nitrogens is 4. The lowest BCUT2D eigenvalue weighted by atomic mass is 10.3. The molecule has 1 saturated carbocycles. The normalized spacial score (nSPS) is 15.3. The summed E-state index contributed by atoms with van der Waals surface area (Å²) in [5, 5.41) is 8.82. The first-order valence-electron chi connectivity index (χ1n) is 7.45. The zero-order chi connectivity index (χ0) is 16.0. The molecular weight excluding hydrogens is 332 g/mol. The molecule has 8 heteroatoms. The molecule has 0 amide bonds. The molecule has 120 valence electrons. The van der Waals surface area contributed by atoms with E-state index in [-0.39, 0.29) is 11.5 Å². The number of thiazole rings is 1. The summed E-state index contributed by atoms with van der Waals surface area (Å²) in [6.07, 6.45) is 2.23. The predicted molar refractivity (Wildman–Crippen MR) is 88.9 cm³/mol. The highest BCUT2D eigenvalue weighted by molar-refractivity contribution is 7.89. The van der Waals surface area contributed by atoms with E-state index in [0.29, 0.717) is 16.7 Å². The van der Waals surface area contributed by atoms with Crippen molar-refractivity contribution in [3.63, 3.8) is 0 Å². The lowest BCUT2D eigenvalue weighted by Gasteiger charge is -2.03. The summed E-state index contributed by atoms with van der Waals surface area (Å²) < 4.78 is 27.8. The second-order valence-corrected chi connectivity index (χ2v) is 9.09. The Morgan fingerprint density at radius 1 is 1.22 bits per heavy atom. The van der Waals surface area contributed by atoms with E-state index < -0.39 is 9.84 Å². The number of fused-ring (bicyclic) bond motifs is 1. The van der Waals surface area contributed by atoms with E-state index in [0.717, 1.165) is 28.9 Å². The average Bonchev–Trinajstić information content (AvgIpc) is 3.16. The van der Waals surface area contributed by atoms with Crippen molar-refractivity contribution in [1.29, 1.82) is 0 Å². The maximum atomic E-state index is 12.5. The van der Waals surface area contributed by atoms with Crippen molar-refractivity contribution in [3.8, 4) is 0 Å². The van der Waals surface area contributed by atoms with Crippen molar-refractivity contribution in [2.24, 2.45) is 7.05 Å². The van der Waals surface area contributed by atoms with Crippen LogP contribution in [-0.2, 0) is 28.4 Å². The van der Waals surface area contributed by atoms with Crippen LogP contribution in [0.25, 0.3) is 10.2 Å². The van der Waals surface area contributed by atoms with Gasteiger partial charge in [-0.2, -0.15) is 0 Å².